The fraction of sp³-hybridized carbons (Fsp3) is 0.286. The second-order valence-electron chi connectivity index (χ2n) is 5.45. The maximum Gasteiger partial charge on any atom is 0.414 e. The normalized spacial score (nSPS) is 16.8. The number of carbonyl (C=O) groups is 2. The highest BCUT2D eigenvalue weighted by atomic mass is 32.2. The van der Waals surface area contributed by atoms with E-state index in [-0.39, 0.29) is 10.9 Å². The minimum atomic E-state index is -3.66. The van der Waals surface area contributed by atoms with Crippen molar-refractivity contribution in [3.05, 3.63) is 29.5 Å². The van der Waals surface area contributed by atoms with Gasteiger partial charge in [0.15, 0.2) is 0 Å². The Kier molecular flexibility index (Phi) is 4.92. The Bertz CT molecular complexity index is 891. The van der Waals surface area contributed by atoms with E-state index in [9.17, 15) is 8.42 Å². The highest BCUT2D eigenvalue weighted by Gasteiger charge is 2.21. The number of nitrogens with one attached hydrogen (secondary N) is 1. The van der Waals surface area contributed by atoms with Gasteiger partial charge in [0.25, 0.3) is 0 Å². The summed E-state index contributed by atoms with van der Waals surface area (Å²) in [5.74, 6) is -3.65. The van der Waals surface area contributed by atoms with Crippen LogP contribution in [0.3, 0.4) is 0 Å². The highest BCUT2D eigenvalue weighted by molar-refractivity contribution is 7.89. The number of sulfonamides is 1. The average Bonchev–Trinajstić information content (AvgIpc) is 2.84. The molecule has 1 heterocycles. The summed E-state index contributed by atoms with van der Waals surface area (Å²) in [6.07, 6.45) is 2.65. The molecule has 1 unspecified atom stereocenters. The summed E-state index contributed by atoms with van der Waals surface area (Å²) in [7, 11) is -3.66. The van der Waals surface area contributed by atoms with Gasteiger partial charge in [0, 0.05) is 22.6 Å². The van der Waals surface area contributed by atoms with Gasteiger partial charge in [-0.1, -0.05) is 0 Å². The van der Waals surface area contributed by atoms with E-state index < -0.39 is 22.0 Å². The van der Waals surface area contributed by atoms with E-state index in [0.29, 0.717) is 0 Å². The van der Waals surface area contributed by atoms with Crippen LogP contribution in [0.5, 0.6) is 0 Å². The molecule has 1 aromatic carbocycles. The molecule has 0 aliphatic heterocycles. The van der Waals surface area contributed by atoms with Crippen molar-refractivity contribution < 1.29 is 28.2 Å². The zero-order chi connectivity index (χ0) is 18.1. The van der Waals surface area contributed by atoms with Gasteiger partial charge in [-0.25, -0.2) is 23.1 Å². The van der Waals surface area contributed by atoms with Crippen LogP contribution in [-0.2, 0) is 32.5 Å². The van der Waals surface area contributed by atoms with E-state index in [2.05, 4.69) is 4.98 Å². The van der Waals surface area contributed by atoms with Crippen molar-refractivity contribution in [1.29, 1.82) is 0 Å². The van der Waals surface area contributed by atoms with Gasteiger partial charge in [-0.05, 0) is 43.0 Å². The molecule has 10 heteroatoms. The molecule has 24 heavy (non-hydrogen) atoms. The fourth-order valence-electron chi connectivity index (χ4n) is 2.60. The molecule has 0 bridgehead atoms. The van der Waals surface area contributed by atoms with E-state index in [0.717, 1.165) is 35.7 Å². The number of hydrogen-bond acceptors (Lipinski definition) is 5. The summed E-state index contributed by atoms with van der Waals surface area (Å²) >= 11 is 0. The molecule has 1 aliphatic rings. The van der Waals surface area contributed by atoms with E-state index in [1.54, 1.807) is 12.1 Å². The van der Waals surface area contributed by atoms with Crippen LogP contribution in [0.1, 0.15) is 17.7 Å². The molecule has 1 atom stereocenters. The third-order valence-corrected chi connectivity index (χ3v) is 4.62. The van der Waals surface area contributed by atoms with E-state index in [1.165, 1.54) is 11.8 Å². The van der Waals surface area contributed by atoms with Gasteiger partial charge in [0.05, 0.1) is 4.90 Å². The lowest BCUT2D eigenvalue weighted by Gasteiger charge is -2.18. The average molecular weight is 355 g/mol. The van der Waals surface area contributed by atoms with Crippen LogP contribution in [0, 0.1) is 0 Å². The SMILES string of the molecule is NC1CCc2[nH]c3ccc(S(N)(=O)=O)cc3c2C1.O=C(O)C(=O)O. The second-order valence-corrected chi connectivity index (χ2v) is 7.01. The summed E-state index contributed by atoms with van der Waals surface area (Å²) in [4.78, 5) is 21.7. The number of carboxylic acids is 2. The van der Waals surface area contributed by atoms with Crippen molar-refractivity contribution in [3.8, 4) is 0 Å². The number of aromatic amines is 1. The number of nitrogens with two attached hydrogens (primary N) is 2. The van der Waals surface area contributed by atoms with Crippen LogP contribution in [-0.4, -0.2) is 41.6 Å². The number of primary sulfonamides is 1. The Balaban J connectivity index is 0.000000301. The van der Waals surface area contributed by atoms with Gasteiger partial charge in [-0.3, -0.25) is 0 Å². The molecule has 0 fully saturated rings. The first-order valence-electron chi connectivity index (χ1n) is 6.97. The molecule has 0 amide bonds. The number of hydrogen-bond donors (Lipinski definition) is 5. The minimum absolute atomic E-state index is 0.148. The third-order valence-electron chi connectivity index (χ3n) is 3.71. The monoisotopic (exact) mass is 355 g/mol. The smallest absolute Gasteiger partial charge is 0.414 e. The van der Waals surface area contributed by atoms with Crippen molar-refractivity contribution in [1.82, 2.24) is 4.98 Å². The minimum Gasteiger partial charge on any atom is -0.473 e. The van der Waals surface area contributed by atoms with Crippen LogP contribution in [0.2, 0.25) is 0 Å². The number of aliphatic carboxylic acids is 2. The second kappa shape index (κ2) is 6.59. The maximum absolute atomic E-state index is 11.4. The Morgan fingerprint density at radius 2 is 1.83 bits per heavy atom. The fourth-order valence-corrected chi connectivity index (χ4v) is 3.14. The third kappa shape index (κ3) is 3.91. The molecule has 130 valence electrons. The van der Waals surface area contributed by atoms with Crippen molar-refractivity contribution in [2.24, 2.45) is 10.9 Å². The molecule has 3 rings (SSSR count). The van der Waals surface area contributed by atoms with Crippen molar-refractivity contribution >= 4 is 32.9 Å². The molecular weight excluding hydrogens is 338 g/mol. The van der Waals surface area contributed by atoms with Gasteiger partial charge >= 0.3 is 11.9 Å². The Hall–Kier alpha value is -2.43. The number of benzene rings is 1. The van der Waals surface area contributed by atoms with Crippen LogP contribution >= 0.6 is 0 Å². The summed E-state index contributed by atoms with van der Waals surface area (Å²) in [5.41, 5.74) is 9.21. The number of fused-ring (bicyclic) bond motifs is 3. The van der Waals surface area contributed by atoms with Crippen LogP contribution in [0.4, 0.5) is 0 Å². The molecule has 0 radical (unpaired) electrons. The van der Waals surface area contributed by atoms with Crippen molar-refractivity contribution in [2.45, 2.75) is 30.2 Å². The summed E-state index contributed by atoms with van der Waals surface area (Å²) < 4.78 is 22.7. The van der Waals surface area contributed by atoms with Gasteiger partial charge in [-0.2, -0.15) is 0 Å². The molecule has 0 saturated heterocycles. The van der Waals surface area contributed by atoms with E-state index in [1.807, 2.05) is 0 Å². The van der Waals surface area contributed by atoms with Gasteiger partial charge < -0.3 is 20.9 Å². The predicted octanol–water partition coefficient (Wildman–Crippen LogP) is -0.213. The number of aryl methyl sites for hydroxylation is 1. The lowest BCUT2D eigenvalue weighted by Crippen LogP contribution is -2.27. The molecule has 9 nitrogen and oxygen atoms in total. The molecule has 7 N–H and O–H groups in total. The maximum atomic E-state index is 11.4. The number of rotatable bonds is 1. The number of aromatic nitrogens is 1. The molecule has 0 spiro atoms. The first kappa shape index (κ1) is 17.9. The number of carboxylic acid groups (broad SMARTS) is 2. The van der Waals surface area contributed by atoms with Crippen LogP contribution in [0.25, 0.3) is 10.9 Å². The van der Waals surface area contributed by atoms with Gasteiger partial charge in [0.1, 0.15) is 0 Å². The van der Waals surface area contributed by atoms with Crippen molar-refractivity contribution in [2.75, 3.05) is 0 Å². The molecule has 1 aliphatic carbocycles. The predicted molar refractivity (Wildman–Crippen MR) is 84.9 cm³/mol. The zero-order valence-corrected chi connectivity index (χ0v) is 13.3. The molecule has 2 aromatic rings. The largest absolute Gasteiger partial charge is 0.473 e. The number of H-pyrrole nitrogens is 1. The van der Waals surface area contributed by atoms with Gasteiger partial charge in [-0.15, -0.1) is 0 Å². The van der Waals surface area contributed by atoms with Crippen LogP contribution in [0.15, 0.2) is 23.1 Å². The molecule has 1 aromatic heterocycles. The van der Waals surface area contributed by atoms with E-state index in [4.69, 9.17) is 30.7 Å². The quantitative estimate of drug-likeness (QED) is 0.439. The zero-order valence-electron chi connectivity index (χ0n) is 12.5. The standard InChI is InChI=1S/C12H15N3O2S.C2H2O4/c13-7-1-3-11-9(5-7)10-6-8(18(14,16)17)2-4-12(10)15-11;3-1(4)2(5)6/h2,4,6-7,15H,1,3,5,13H2,(H2,14,16,17);(H,3,4)(H,5,6). The lowest BCUT2D eigenvalue weighted by molar-refractivity contribution is -0.159. The van der Waals surface area contributed by atoms with Crippen LogP contribution < -0.4 is 10.9 Å². The summed E-state index contributed by atoms with van der Waals surface area (Å²) in [5, 5.41) is 20.9. The van der Waals surface area contributed by atoms with E-state index >= 15 is 0 Å². The Labute approximate surface area is 137 Å². The molecular formula is C14H17N3O6S. The van der Waals surface area contributed by atoms with Gasteiger partial charge in [0.2, 0.25) is 10.0 Å². The summed E-state index contributed by atoms with van der Waals surface area (Å²) in [6.45, 7) is 0. The Morgan fingerprint density at radius 1 is 1.21 bits per heavy atom. The topological polar surface area (TPSA) is 177 Å². The summed E-state index contributed by atoms with van der Waals surface area (Å²) in [6, 6.07) is 5.07. The van der Waals surface area contributed by atoms with Crippen molar-refractivity contribution in [3.63, 3.8) is 0 Å². The first-order valence-corrected chi connectivity index (χ1v) is 8.52. The first-order chi connectivity index (χ1) is 11.1. The molecule has 0 saturated carbocycles. The lowest BCUT2D eigenvalue weighted by atomic mass is 9.92. The highest BCUT2D eigenvalue weighted by Crippen LogP contribution is 2.30. The Morgan fingerprint density at radius 3 is 2.38 bits per heavy atom.